The Bertz CT molecular complexity index is 2500. The van der Waals surface area contributed by atoms with Gasteiger partial charge in [-0.15, -0.1) is 0 Å². The van der Waals surface area contributed by atoms with Crippen molar-refractivity contribution in [2.24, 2.45) is 0 Å². The topological polar surface area (TPSA) is 39.6 Å². The molecule has 0 fully saturated rings. The lowest BCUT2D eigenvalue weighted by atomic mass is 9.94. The lowest BCUT2D eigenvalue weighted by molar-refractivity contribution is 0.308. The Hall–Kier alpha value is -6.89. The molecule has 51 heavy (non-hydrogen) atoms. The number of anilines is 1. The molecule has 0 aliphatic carbocycles. The zero-order valence-corrected chi connectivity index (χ0v) is 28.0. The first kappa shape index (κ1) is 31.4. The SMILES string of the molecule is [C-]#[N+]c1ccc(-c2ccc(-c3ccc4cc(-c5cc(OCc6ccc(-c7ccccc7)cc6)c(N)c(-c6ccccc6)c5)ccc4c3)cc2)cc1. The summed E-state index contributed by atoms with van der Waals surface area (Å²) in [6.45, 7) is 7.60. The Morgan fingerprint density at radius 1 is 0.431 bits per heavy atom. The van der Waals surface area contributed by atoms with E-state index in [0.717, 1.165) is 55.5 Å². The van der Waals surface area contributed by atoms with Gasteiger partial charge in [0.2, 0.25) is 0 Å². The number of nitrogens with zero attached hydrogens (tertiary/aromatic N) is 1. The summed E-state index contributed by atoms with van der Waals surface area (Å²) in [5.74, 6) is 0.666. The minimum Gasteiger partial charge on any atom is -0.487 e. The first-order valence-corrected chi connectivity index (χ1v) is 17.0. The minimum atomic E-state index is 0.410. The van der Waals surface area contributed by atoms with Gasteiger partial charge in [-0.05, 0) is 90.7 Å². The second-order valence-corrected chi connectivity index (χ2v) is 12.7. The molecule has 242 valence electrons. The zero-order valence-electron chi connectivity index (χ0n) is 28.0. The first-order valence-electron chi connectivity index (χ1n) is 17.0. The summed E-state index contributed by atoms with van der Waals surface area (Å²) in [5, 5.41) is 2.33. The number of nitrogen functional groups attached to an aromatic ring is 1. The fourth-order valence-corrected chi connectivity index (χ4v) is 6.54. The molecule has 0 unspecified atom stereocenters. The zero-order chi connectivity index (χ0) is 34.6. The highest BCUT2D eigenvalue weighted by molar-refractivity contribution is 5.93. The smallest absolute Gasteiger partial charge is 0.187 e. The number of benzene rings is 8. The van der Waals surface area contributed by atoms with Gasteiger partial charge in [0.25, 0.3) is 0 Å². The monoisotopic (exact) mass is 654 g/mol. The summed E-state index contributed by atoms with van der Waals surface area (Å²) in [5.41, 5.74) is 20.2. The third-order valence-electron chi connectivity index (χ3n) is 9.40. The van der Waals surface area contributed by atoms with Crippen LogP contribution in [0.25, 0.3) is 71.3 Å². The lowest BCUT2D eigenvalue weighted by Gasteiger charge is -2.16. The van der Waals surface area contributed by atoms with Gasteiger partial charge in [0.05, 0.1) is 12.3 Å². The summed E-state index contributed by atoms with van der Waals surface area (Å²) in [7, 11) is 0. The summed E-state index contributed by atoms with van der Waals surface area (Å²) in [6.07, 6.45) is 0. The van der Waals surface area contributed by atoms with E-state index in [4.69, 9.17) is 17.0 Å². The Labute approximate surface area is 298 Å². The number of hydrogen-bond donors (Lipinski definition) is 1. The van der Waals surface area contributed by atoms with E-state index in [2.05, 4.69) is 138 Å². The predicted octanol–water partition coefficient (Wildman–Crippen LogP) is 12.9. The van der Waals surface area contributed by atoms with Crippen LogP contribution in [0.15, 0.2) is 182 Å². The van der Waals surface area contributed by atoms with Gasteiger partial charge in [0, 0.05) is 5.56 Å². The third kappa shape index (κ3) is 6.72. The average molecular weight is 655 g/mol. The number of hydrogen-bond acceptors (Lipinski definition) is 2. The maximum absolute atomic E-state index is 7.20. The molecule has 0 spiro atoms. The quantitative estimate of drug-likeness (QED) is 0.131. The van der Waals surface area contributed by atoms with E-state index in [0.29, 0.717) is 23.7 Å². The van der Waals surface area contributed by atoms with Gasteiger partial charge >= 0.3 is 0 Å². The molecule has 0 atom stereocenters. The molecule has 2 N–H and O–H groups in total. The van der Waals surface area contributed by atoms with Gasteiger partial charge in [0.1, 0.15) is 12.4 Å². The van der Waals surface area contributed by atoms with Crippen molar-refractivity contribution in [2.45, 2.75) is 6.61 Å². The molecule has 0 amide bonds. The summed E-state index contributed by atoms with van der Waals surface area (Å²) in [6, 6.07) is 62.9. The Morgan fingerprint density at radius 2 is 0.882 bits per heavy atom. The van der Waals surface area contributed by atoms with Crippen molar-refractivity contribution in [2.75, 3.05) is 5.73 Å². The van der Waals surface area contributed by atoms with Gasteiger partial charge < -0.3 is 10.5 Å². The van der Waals surface area contributed by atoms with Crippen molar-refractivity contribution in [1.82, 2.24) is 0 Å². The maximum atomic E-state index is 7.20. The second kappa shape index (κ2) is 13.9. The molecule has 8 rings (SSSR count). The normalized spacial score (nSPS) is 10.9. The molecule has 0 radical (unpaired) electrons. The maximum Gasteiger partial charge on any atom is 0.187 e. The van der Waals surface area contributed by atoms with Crippen molar-refractivity contribution < 1.29 is 4.74 Å². The number of fused-ring (bicyclic) bond motifs is 1. The number of nitrogens with two attached hydrogens (primary N) is 1. The summed E-state index contributed by atoms with van der Waals surface area (Å²) >= 11 is 0. The van der Waals surface area contributed by atoms with Gasteiger partial charge in [-0.2, -0.15) is 0 Å². The van der Waals surface area contributed by atoms with Crippen LogP contribution in [-0.4, -0.2) is 0 Å². The number of ether oxygens (including phenoxy) is 1. The fraction of sp³-hybridized carbons (Fsp3) is 0.0208. The minimum absolute atomic E-state index is 0.410. The summed E-state index contributed by atoms with van der Waals surface area (Å²) in [4.78, 5) is 3.50. The highest BCUT2D eigenvalue weighted by atomic mass is 16.5. The van der Waals surface area contributed by atoms with E-state index < -0.39 is 0 Å². The highest BCUT2D eigenvalue weighted by Crippen LogP contribution is 2.40. The van der Waals surface area contributed by atoms with E-state index in [1.54, 1.807) is 0 Å². The first-order chi connectivity index (χ1) is 25.1. The lowest BCUT2D eigenvalue weighted by Crippen LogP contribution is -2.01. The molecule has 0 aliphatic rings. The van der Waals surface area contributed by atoms with Gasteiger partial charge in [-0.25, -0.2) is 4.85 Å². The molecule has 0 aliphatic heterocycles. The molecule has 0 aromatic heterocycles. The largest absolute Gasteiger partial charge is 0.487 e. The molecule has 3 heteroatoms. The molecular formula is C48H34N2O. The molecule has 0 heterocycles. The van der Waals surface area contributed by atoms with Crippen LogP contribution in [0.5, 0.6) is 5.75 Å². The van der Waals surface area contributed by atoms with Crippen molar-refractivity contribution in [1.29, 1.82) is 0 Å². The van der Waals surface area contributed by atoms with Crippen LogP contribution in [0.3, 0.4) is 0 Å². The molecule has 8 aromatic carbocycles. The van der Waals surface area contributed by atoms with E-state index in [-0.39, 0.29) is 0 Å². The van der Waals surface area contributed by atoms with Crippen LogP contribution < -0.4 is 10.5 Å². The van der Waals surface area contributed by atoms with Crippen molar-refractivity contribution in [3.8, 4) is 61.4 Å². The predicted molar refractivity (Wildman–Crippen MR) is 213 cm³/mol. The van der Waals surface area contributed by atoms with Crippen LogP contribution in [-0.2, 0) is 6.61 Å². The fourth-order valence-electron chi connectivity index (χ4n) is 6.54. The highest BCUT2D eigenvalue weighted by Gasteiger charge is 2.14. The van der Waals surface area contributed by atoms with Crippen LogP contribution in [0, 0.1) is 6.57 Å². The van der Waals surface area contributed by atoms with Crippen molar-refractivity contribution in [3.63, 3.8) is 0 Å². The van der Waals surface area contributed by atoms with Crippen molar-refractivity contribution in [3.05, 3.63) is 199 Å². The third-order valence-corrected chi connectivity index (χ3v) is 9.40. The van der Waals surface area contributed by atoms with Crippen LogP contribution >= 0.6 is 0 Å². The summed E-state index contributed by atoms with van der Waals surface area (Å²) < 4.78 is 6.46. The van der Waals surface area contributed by atoms with Gasteiger partial charge in [-0.3, -0.25) is 0 Å². The molecular weight excluding hydrogens is 621 g/mol. The molecule has 3 nitrogen and oxygen atoms in total. The van der Waals surface area contributed by atoms with Crippen LogP contribution in [0.1, 0.15) is 5.56 Å². The standard InChI is InChI=1S/C48H34N2O/c1-50-45-26-24-37(25-27-45)36-16-18-38(19-17-36)40-20-21-42-29-43(23-22-41(42)28-40)44-30-46(39-10-6-3-7-11-39)48(49)47(31-44)51-32-33-12-14-35(15-13-33)34-8-4-2-5-9-34/h2-31H,32,49H2. The van der Waals surface area contributed by atoms with E-state index >= 15 is 0 Å². The Morgan fingerprint density at radius 3 is 1.45 bits per heavy atom. The van der Waals surface area contributed by atoms with E-state index in [1.807, 2.05) is 48.5 Å². The average Bonchev–Trinajstić information content (AvgIpc) is 3.21. The molecule has 0 saturated heterocycles. The molecule has 8 aromatic rings. The Balaban J connectivity index is 1.07. The molecule has 0 bridgehead atoms. The van der Waals surface area contributed by atoms with Crippen LogP contribution in [0.4, 0.5) is 11.4 Å². The van der Waals surface area contributed by atoms with Gasteiger partial charge in [0.15, 0.2) is 5.69 Å². The Kier molecular flexibility index (Phi) is 8.56. The van der Waals surface area contributed by atoms with E-state index in [9.17, 15) is 0 Å². The second-order valence-electron chi connectivity index (χ2n) is 12.7. The van der Waals surface area contributed by atoms with Crippen molar-refractivity contribution >= 4 is 22.1 Å². The van der Waals surface area contributed by atoms with Crippen LogP contribution in [0.2, 0.25) is 0 Å². The molecule has 0 saturated carbocycles. The number of rotatable bonds is 8. The van der Waals surface area contributed by atoms with E-state index in [1.165, 1.54) is 16.5 Å². The van der Waals surface area contributed by atoms with Gasteiger partial charge in [-0.1, -0.05) is 158 Å².